The first-order valence-corrected chi connectivity index (χ1v) is 8.31. The molecule has 1 fully saturated rings. The molecule has 1 atom stereocenters. The molecule has 0 unspecified atom stereocenters. The fourth-order valence-corrected chi connectivity index (χ4v) is 3.36. The average molecular weight is 295 g/mol. The number of piperazine rings is 1. The van der Waals surface area contributed by atoms with E-state index in [0.717, 1.165) is 31.2 Å². The lowest BCUT2D eigenvalue weighted by molar-refractivity contribution is 0.162. The number of nitrogens with one attached hydrogen (secondary N) is 1. The van der Waals surface area contributed by atoms with Crippen molar-refractivity contribution in [3.05, 3.63) is 34.3 Å². The van der Waals surface area contributed by atoms with Crippen LogP contribution in [0.2, 0.25) is 5.02 Å². The Hall–Kier alpha value is -0.570. The van der Waals surface area contributed by atoms with E-state index in [4.69, 9.17) is 11.6 Å². The first-order chi connectivity index (χ1) is 9.72. The van der Waals surface area contributed by atoms with E-state index in [2.05, 4.69) is 36.2 Å². The summed E-state index contributed by atoms with van der Waals surface area (Å²) in [7, 11) is 0. The molecule has 20 heavy (non-hydrogen) atoms. The predicted octanol–water partition coefficient (Wildman–Crippen LogP) is 4.18. The van der Waals surface area contributed by atoms with E-state index in [0.29, 0.717) is 6.04 Å². The van der Waals surface area contributed by atoms with Gasteiger partial charge < -0.3 is 5.32 Å². The molecule has 0 spiro atoms. The molecular weight excluding hydrogens is 268 g/mol. The smallest absolute Gasteiger partial charge is 0.0408 e. The fourth-order valence-electron chi connectivity index (χ4n) is 3.13. The van der Waals surface area contributed by atoms with Gasteiger partial charge in [0.15, 0.2) is 0 Å². The number of benzene rings is 1. The third kappa shape index (κ3) is 4.21. The van der Waals surface area contributed by atoms with Crippen LogP contribution in [0.25, 0.3) is 0 Å². The van der Waals surface area contributed by atoms with Gasteiger partial charge in [-0.3, -0.25) is 4.90 Å². The zero-order chi connectivity index (χ0) is 14.4. The van der Waals surface area contributed by atoms with Gasteiger partial charge in [0.1, 0.15) is 0 Å². The van der Waals surface area contributed by atoms with Crippen LogP contribution in [-0.2, 0) is 0 Å². The minimum atomic E-state index is 0.556. The Balaban J connectivity index is 2.15. The Labute approximate surface area is 128 Å². The predicted molar refractivity (Wildman–Crippen MR) is 87.5 cm³/mol. The van der Waals surface area contributed by atoms with Crippen LogP contribution in [0.15, 0.2) is 18.2 Å². The van der Waals surface area contributed by atoms with Gasteiger partial charge in [-0.1, -0.05) is 43.9 Å². The molecule has 112 valence electrons. The van der Waals surface area contributed by atoms with E-state index >= 15 is 0 Å². The molecule has 0 saturated carbocycles. The van der Waals surface area contributed by atoms with Crippen molar-refractivity contribution < 1.29 is 0 Å². The van der Waals surface area contributed by atoms with Crippen molar-refractivity contribution in [3.63, 3.8) is 0 Å². The van der Waals surface area contributed by atoms with Crippen LogP contribution in [0.1, 0.15) is 49.8 Å². The highest BCUT2D eigenvalue weighted by Gasteiger charge is 2.22. The first kappa shape index (κ1) is 15.8. The molecule has 1 heterocycles. The zero-order valence-electron chi connectivity index (χ0n) is 12.8. The van der Waals surface area contributed by atoms with Gasteiger partial charge >= 0.3 is 0 Å². The van der Waals surface area contributed by atoms with Crippen molar-refractivity contribution >= 4 is 11.6 Å². The largest absolute Gasteiger partial charge is 0.314 e. The molecule has 1 aromatic rings. The van der Waals surface area contributed by atoms with Gasteiger partial charge in [-0.25, -0.2) is 0 Å². The summed E-state index contributed by atoms with van der Waals surface area (Å²) >= 11 is 6.11. The number of rotatable bonds is 6. The van der Waals surface area contributed by atoms with Crippen LogP contribution in [0.5, 0.6) is 0 Å². The first-order valence-electron chi connectivity index (χ1n) is 7.93. The van der Waals surface area contributed by atoms with Gasteiger partial charge in [0.05, 0.1) is 0 Å². The highest BCUT2D eigenvalue weighted by Crippen LogP contribution is 2.30. The maximum absolute atomic E-state index is 6.11. The van der Waals surface area contributed by atoms with E-state index in [9.17, 15) is 0 Å². The Kier molecular flexibility index (Phi) is 6.34. The third-order valence-corrected chi connectivity index (χ3v) is 4.50. The van der Waals surface area contributed by atoms with Gasteiger partial charge in [-0.2, -0.15) is 0 Å². The summed E-state index contributed by atoms with van der Waals surface area (Å²) in [5.74, 6) is 0. The average Bonchev–Trinajstić information content (AvgIpc) is 2.46. The topological polar surface area (TPSA) is 15.3 Å². The second-order valence-electron chi connectivity index (χ2n) is 5.80. The number of hydrogen-bond donors (Lipinski definition) is 1. The second kappa shape index (κ2) is 8.02. The highest BCUT2D eigenvalue weighted by molar-refractivity contribution is 6.30. The van der Waals surface area contributed by atoms with Crippen molar-refractivity contribution in [3.8, 4) is 0 Å². The van der Waals surface area contributed by atoms with Gasteiger partial charge in [-0.05, 0) is 36.6 Å². The lowest BCUT2D eigenvalue weighted by atomic mass is 9.94. The van der Waals surface area contributed by atoms with E-state index in [1.54, 1.807) is 0 Å². The van der Waals surface area contributed by atoms with E-state index in [-0.39, 0.29) is 0 Å². The molecule has 3 heteroatoms. The van der Waals surface area contributed by atoms with Crippen molar-refractivity contribution in [1.29, 1.82) is 0 Å². The van der Waals surface area contributed by atoms with Crippen molar-refractivity contribution in [2.75, 3.05) is 26.2 Å². The summed E-state index contributed by atoms with van der Waals surface area (Å²) in [5.41, 5.74) is 2.80. The third-order valence-electron chi connectivity index (χ3n) is 4.26. The minimum Gasteiger partial charge on any atom is -0.314 e. The number of halogens is 1. The normalized spacial score (nSPS) is 18.1. The highest BCUT2D eigenvalue weighted by atomic mass is 35.5. The van der Waals surface area contributed by atoms with Crippen LogP contribution in [-0.4, -0.2) is 31.1 Å². The Bertz CT molecular complexity index is 413. The summed E-state index contributed by atoms with van der Waals surface area (Å²) in [5, 5.41) is 4.30. The molecule has 0 radical (unpaired) electrons. The number of hydrogen-bond acceptors (Lipinski definition) is 2. The molecule has 1 aliphatic rings. The van der Waals surface area contributed by atoms with Gasteiger partial charge in [0.25, 0.3) is 0 Å². The van der Waals surface area contributed by atoms with Crippen LogP contribution >= 0.6 is 11.6 Å². The van der Waals surface area contributed by atoms with Gasteiger partial charge in [-0.15, -0.1) is 0 Å². The molecule has 0 amide bonds. The number of unbranched alkanes of at least 4 members (excludes halogenated alkanes) is 2. The standard InChI is InChI=1S/C17H27ClN2/c1-3-4-5-6-17(20-11-9-19-10-12-20)16-8-7-15(18)13-14(16)2/h7-8,13,17,19H,3-6,9-12H2,1-2H3/t17-/m0/s1. The van der Waals surface area contributed by atoms with Crippen molar-refractivity contribution in [2.45, 2.75) is 45.6 Å². The number of nitrogens with zero attached hydrogens (tertiary/aromatic N) is 1. The molecule has 1 N–H and O–H groups in total. The lowest BCUT2D eigenvalue weighted by Crippen LogP contribution is -2.45. The quantitative estimate of drug-likeness (QED) is 0.792. The Morgan fingerprint density at radius 3 is 2.65 bits per heavy atom. The van der Waals surface area contributed by atoms with Gasteiger partial charge in [0, 0.05) is 37.2 Å². The molecule has 1 aromatic carbocycles. The maximum atomic E-state index is 6.11. The SMILES string of the molecule is CCCCC[C@@H](c1ccc(Cl)cc1C)N1CCNCC1. The van der Waals surface area contributed by atoms with E-state index in [1.165, 1.54) is 36.8 Å². The van der Waals surface area contributed by atoms with E-state index < -0.39 is 0 Å². The molecule has 2 rings (SSSR count). The summed E-state index contributed by atoms with van der Waals surface area (Å²) in [6, 6.07) is 6.93. The van der Waals surface area contributed by atoms with Crippen LogP contribution in [0.3, 0.4) is 0 Å². The molecule has 0 bridgehead atoms. The minimum absolute atomic E-state index is 0.556. The molecule has 1 aliphatic heterocycles. The molecule has 1 saturated heterocycles. The fraction of sp³-hybridized carbons (Fsp3) is 0.647. The summed E-state index contributed by atoms with van der Waals surface area (Å²) in [6.45, 7) is 8.98. The monoisotopic (exact) mass is 294 g/mol. The van der Waals surface area contributed by atoms with Crippen LogP contribution < -0.4 is 5.32 Å². The Morgan fingerprint density at radius 2 is 2.00 bits per heavy atom. The van der Waals surface area contributed by atoms with E-state index in [1.807, 2.05) is 6.07 Å². The number of aryl methyl sites for hydroxylation is 1. The zero-order valence-corrected chi connectivity index (χ0v) is 13.5. The summed E-state index contributed by atoms with van der Waals surface area (Å²) in [4.78, 5) is 2.64. The lowest BCUT2D eigenvalue weighted by Gasteiger charge is -2.36. The maximum Gasteiger partial charge on any atom is 0.0408 e. The van der Waals surface area contributed by atoms with Crippen LogP contribution in [0.4, 0.5) is 0 Å². The molecule has 2 nitrogen and oxygen atoms in total. The summed E-state index contributed by atoms with van der Waals surface area (Å²) in [6.07, 6.45) is 5.19. The van der Waals surface area contributed by atoms with Crippen molar-refractivity contribution in [2.24, 2.45) is 0 Å². The summed E-state index contributed by atoms with van der Waals surface area (Å²) < 4.78 is 0. The van der Waals surface area contributed by atoms with Crippen molar-refractivity contribution in [1.82, 2.24) is 10.2 Å². The second-order valence-corrected chi connectivity index (χ2v) is 6.23. The molecule has 0 aliphatic carbocycles. The van der Waals surface area contributed by atoms with Crippen LogP contribution in [0, 0.1) is 6.92 Å². The van der Waals surface area contributed by atoms with Gasteiger partial charge in [0.2, 0.25) is 0 Å². The molecular formula is C17H27ClN2. The molecule has 0 aromatic heterocycles. The Morgan fingerprint density at radius 1 is 1.25 bits per heavy atom.